The molecule has 13 heavy (non-hydrogen) atoms. The van der Waals surface area contributed by atoms with Gasteiger partial charge < -0.3 is 14.8 Å². The minimum atomic E-state index is -0.0547. The standard InChI is InChI=1S/C9H16N2O2/c1-2-10-4-9(1)11-3-8(7-13-9)5-12-6-8/h10-11H,1-7H2. The molecule has 2 spiro atoms. The van der Waals surface area contributed by atoms with E-state index in [0.717, 1.165) is 45.9 Å². The molecule has 0 aromatic rings. The molecule has 0 amide bonds. The van der Waals surface area contributed by atoms with E-state index in [4.69, 9.17) is 9.47 Å². The Morgan fingerprint density at radius 2 is 2.00 bits per heavy atom. The van der Waals surface area contributed by atoms with E-state index in [0.29, 0.717) is 5.41 Å². The molecule has 3 aliphatic rings. The minimum absolute atomic E-state index is 0.0547. The summed E-state index contributed by atoms with van der Waals surface area (Å²) in [5.41, 5.74) is 0.245. The fourth-order valence-electron chi connectivity index (χ4n) is 2.26. The van der Waals surface area contributed by atoms with Crippen molar-refractivity contribution in [1.29, 1.82) is 0 Å². The second kappa shape index (κ2) is 2.67. The maximum absolute atomic E-state index is 5.93. The summed E-state index contributed by atoms with van der Waals surface area (Å²) in [6, 6.07) is 0. The molecule has 4 heteroatoms. The Balaban J connectivity index is 1.66. The van der Waals surface area contributed by atoms with Crippen LogP contribution in [0.25, 0.3) is 0 Å². The van der Waals surface area contributed by atoms with Gasteiger partial charge in [-0.3, -0.25) is 5.32 Å². The third-order valence-corrected chi connectivity index (χ3v) is 3.37. The second-order valence-electron chi connectivity index (χ2n) is 4.56. The average Bonchev–Trinajstić information content (AvgIpc) is 2.53. The Morgan fingerprint density at radius 1 is 1.08 bits per heavy atom. The summed E-state index contributed by atoms with van der Waals surface area (Å²) in [5, 5.41) is 6.85. The maximum atomic E-state index is 5.93. The molecule has 3 aliphatic heterocycles. The van der Waals surface area contributed by atoms with Gasteiger partial charge in [0.2, 0.25) is 0 Å². The molecule has 0 bridgehead atoms. The highest BCUT2D eigenvalue weighted by Gasteiger charge is 2.48. The van der Waals surface area contributed by atoms with Crippen molar-refractivity contribution in [3.05, 3.63) is 0 Å². The normalized spacial score (nSPS) is 42.5. The Labute approximate surface area is 78.0 Å². The van der Waals surface area contributed by atoms with E-state index < -0.39 is 0 Å². The van der Waals surface area contributed by atoms with Crippen molar-refractivity contribution in [3.63, 3.8) is 0 Å². The summed E-state index contributed by atoms with van der Waals surface area (Å²) >= 11 is 0. The lowest BCUT2D eigenvalue weighted by molar-refractivity contribution is -0.215. The monoisotopic (exact) mass is 184 g/mol. The van der Waals surface area contributed by atoms with Crippen molar-refractivity contribution in [2.75, 3.05) is 39.5 Å². The fourth-order valence-corrected chi connectivity index (χ4v) is 2.26. The largest absolute Gasteiger partial charge is 0.380 e. The minimum Gasteiger partial charge on any atom is -0.380 e. The quantitative estimate of drug-likeness (QED) is 0.523. The van der Waals surface area contributed by atoms with Gasteiger partial charge >= 0.3 is 0 Å². The number of hydrogen-bond acceptors (Lipinski definition) is 4. The van der Waals surface area contributed by atoms with Crippen LogP contribution in [0.5, 0.6) is 0 Å². The topological polar surface area (TPSA) is 42.5 Å². The lowest BCUT2D eigenvalue weighted by Crippen LogP contribution is -2.65. The van der Waals surface area contributed by atoms with Crippen LogP contribution in [0, 0.1) is 5.41 Å². The highest BCUT2D eigenvalue weighted by Crippen LogP contribution is 2.34. The van der Waals surface area contributed by atoms with E-state index in [1.165, 1.54) is 0 Å². The van der Waals surface area contributed by atoms with Gasteiger partial charge in [-0.05, 0) is 6.54 Å². The van der Waals surface area contributed by atoms with Crippen molar-refractivity contribution in [3.8, 4) is 0 Å². The molecule has 3 saturated heterocycles. The predicted octanol–water partition coefficient (Wildman–Crippen LogP) is -0.688. The average molecular weight is 184 g/mol. The van der Waals surface area contributed by atoms with E-state index in [1.807, 2.05) is 0 Å². The zero-order valence-electron chi connectivity index (χ0n) is 7.77. The Kier molecular flexibility index (Phi) is 1.68. The summed E-state index contributed by atoms with van der Waals surface area (Å²) in [4.78, 5) is 0. The lowest BCUT2D eigenvalue weighted by Gasteiger charge is -2.49. The summed E-state index contributed by atoms with van der Waals surface area (Å²) < 4.78 is 11.2. The van der Waals surface area contributed by atoms with Crippen LogP contribution in [0.4, 0.5) is 0 Å². The van der Waals surface area contributed by atoms with Crippen LogP contribution in [0.1, 0.15) is 6.42 Å². The molecule has 0 aliphatic carbocycles. The molecule has 3 rings (SSSR count). The van der Waals surface area contributed by atoms with Crippen molar-refractivity contribution in [1.82, 2.24) is 10.6 Å². The summed E-state index contributed by atoms with van der Waals surface area (Å²) in [7, 11) is 0. The molecule has 0 aromatic carbocycles. The molecule has 74 valence electrons. The summed E-state index contributed by atoms with van der Waals surface area (Å²) in [6.07, 6.45) is 1.09. The first-order chi connectivity index (χ1) is 6.33. The van der Waals surface area contributed by atoms with E-state index >= 15 is 0 Å². The van der Waals surface area contributed by atoms with Gasteiger partial charge in [-0.25, -0.2) is 0 Å². The van der Waals surface area contributed by atoms with Crippen LogP contribution >= 0.6 is 0 Å². The Hall–Kier alpha value is -0.160. The third-order valence-electron chi connectivity index (χ3n) is 3.37. The molecule has 1 atom stereocenters. The van der Waals surface area contributed by atoms with Gasteiger partial charge in [-0.1, -0.05) is 0 Å². The maximum Gasteiger partial charge on any atom is 0.133 e. The molecule has 2 N–H and O–H groups in total. The van der Waals surface area contributed by atoms with Gasteiger partial charge in [0.25, 0.3) is 0 Å². The predicted molar refractivity (Wildman–Crippen MR) is 47.4 cm³/mol. The van der Waals surface area contributed by atoms with Crippen molar-refractivity contribution in [2.45, 2.75) is 12.1 Å². The van der Waals surface area contributed by atoms with E-state index in [9.17, 15) is 0 Å². The van der Waals surface area contributed by atoms with Crippen LogP contribution in [-0.2, 0) is 9.47 Å². The molecule has 1 unspecified atom stereocenters. The molecule has 0 saturated carbocycles. The zero-order chi connectivity index (χ0) is 8.78. The Morgan fingerprint density at radius 3 is 2.46 bits per heavy atom. The molecule has 4 nitrogen and oxygen atoms in total. The highest BCUT2D eigenvalue weighted by molar-refractivity contribution is 4.98. The van der Waals surface area contributed by atoms with Crippen LogP contribution in [0.15, 0.2) is 0 Å². The van der Waals surface area contributed by atoms with Gasteiger partial charge in [-0.2, -0.15) is 0 Å². The molecular weight excluding hydrogens is 168 g/mol. The van der Waals surface area contributed by atoms with Gasteiger partial charge in [0, 0.05) is 19.5 Å². The first-order valence-corrected chi connectivity index (χ1v) is 5.00. The van der Waals surface area contributed by atoms with Crippen LogP contribution in [-0.4, -0.2) is 45.2 Å². The van der Waals surface area contributed by atoms with E-state index in [-0.39, 0.29) is 5.72 Å². The fraction of sp³-hybridized carbons (Fsp3) is 1.00. The summed E-state index contributed by atoms with van der Waals surface area (Å²) in [6.45, 7) is 5.66. The molecule has 0 radical (unpaired) electrons. The first kappa shape index (κ1) is 8.17. The molecule has 3 heterocycles. The van der Waals surface area contributed by atoms with Crippen LogP contribution in [0.3, 0.4) is 0 Å². The number of hydrogen-bond donors (Lipinski definition) is 2. The van der Waals surface area contributed by atoms with E-state index in [1.54, 1.807) is 0 Å². The smallest absolute Gasteiger partial charge is 0.133 e. The number of ether oxygens (including phenoxy) is 2. The van der Waals surface area contributed by atoms with Crippen LogP contribution < -0.4 is 10.6 Å². The molecular formula is C9H16N2O2. The second-order valence-corrected chi connectivity index (χ2v) is 4.56. The van der Waals surface area contributed by atoms with Gasteiger partial charge in [0.15, 0.2) is 0 Å². The third kappa shape index (κ3) is 1.21. The summed E-state index contributed by atoms with van der Waals surface area (Å²) in [5.74, 6) is 0. The van der Waals surface area contributed by atoms with Gasteiger partial charge in [0.1, 0.15) is 5.72 Å². The first-order valence-electron chi connectivity index (χ1n) is 5.00. The van der Waals surface area contributed by atoms with Crippen molar-refractivity contribution in [2.24, 2.45) is 5.41 Å². The van der Waals surface area contributed by atoms with Crippen molar-refractivity contribution >= 4 is 0 Å². The number of rotatable bonds is 0. The van der Waals surface area contributed by atoms with E-state index in [2.05, 4.69) is 10.6 Å². The molecule has 3 fully saturated rings. The SMILES string of the molecule is C1CC2(CN1)NCC1(COC1)CO2. The zero-order valence-corrected chi connectivity index (χ0v) is 7.77. The van der Waals surface area contributed by atoms with Crippen LogP contribution in [0.2, 0.25) is 0 Å². The Bertz CT molecular complexity index is 198. The van der Waals surface area contributed by atoms with Gasteiger partial charge in [-0.15, -0.1) is 0 Å². The lowest BCUT2D eigenvalue weighted by atomic mass is 9.85. The highest BCUT2D eigenvalue weighted by atomic mass is 16.5. The molecule has 0 aromatic heterocycles. The van der Waals surface area contributed by atoms with Crippen molar-refractivity contribution < 1.29 is 9.47 Å². The van der Waals surface area contributed by atoms with Gasteiger partial charge in [0.05, 0.1) is 25.2 Å². The number of nitrogens with one attached hydrogen (secondary N) is 2.